The maximum Gasteiger partial charge on any atom is 0.0948 e. The molecule has 0 saturated carbocycles. The number of unbranched alkanes of at least 4 members (excludes halogenated alkanes) is 7. The van der Waals surface area contributed by atoms with E-state index in [-0.39, 0.29) is 0 Å². The lowest BCUT2D eigenvalue weighted by Crippen LogP contribution is -2.07. The molecule has 0 aliphatic rings. The summed E-state index contributed by atoms with van der Waals surface area (Å²) in [4.78, 5) is 4.21. The van der Waals surface area contributed by atoms with Crippen LogP contribution in [-0.2, 0) is 0 Å². The van der Waals surface area contributed by atoms with Crippen LogP contribution in [0.3, 0.4) is 0 Å². The van der Waals surface area contributed by atoms with Gasteiger partial charge in [-0.1, -0.05) is 71.6 Å². The van der Waals surface area contributed by atoms with Gasteiger partial charge in [0.15, 0.2) is 0 Å². The van der Waals surface area contributed by atoms with E-state index in [0.29, 0.717) is 6.04 Å². The van der Waals surface area contributed by atoms with Gasteiger partial charge in [0.1, 0.15) is 0 Å². The van der Waals surface area contributed by atoms with Crippen LogP contribution in [0.25, 0.3) is 0 Å². The van der Waals surface area contributed by atoms with Crippen molar-refractivity contribution in [3.63, 3.8) is 0 Å². The van der Waals surface area contributed by atoms with Crippen LogP contribution in [0.5, 0.6) is 0 Å². The van der Waals surface area contributed by atoms with E-state index < -0.39 is 0 Å². The lowest BCUT2D eigenvalue weighted by Gasteiger charge is -2.18. The van der Waals surface area contributed by atoms with Crippen LogP contribution in [0.4, 0.5) is 0 Å². The van der Waals surface area contributed by atoms with Crippen LogP contribution in [-0.4, -0.2) is 9.55 Å². The minimum Gasteiger partial charge on any atom is -0.334 e. The Labute approximate surface area is 119 Å². The number of rotatable bonds is 12. The zero-order valence-electron chi connectivity index (χ0n) is 13.0. The summed E-state index contributed by atoms with van der Waals surface area (Å²) in [6.45, 7) is 4.56. The fraction of sp³-hybridized carbons (Fsp3) is 0.824. The topological polar surface area (TPSA) is 17.8 Å². The van der Waals surface area contributed by atoms with Crippen molar-refractivity contribution in [2.75, 3.05) is 0 Å². The molecule has 2 heteroatoms. The lowest BCUT2D eigenvalue weighted by molar-refractivity contribution is 0.395. The molecule has 1 aromatic rings. The predicted octanol–water partition coefficient (Wildman–Crippen LogP) is 5.76. The number of imidazole rings is 1. The van der Waals surface area contributed by atoms with Crippen LogP contribution in [0.2, 0.25) is 0 Å². The first-order valence-corrected chi connectivity index (χ1v) is 8.36. The zero-order valence-corrected chi connectivity index (χ0v) is 13.0. The van der Waals surface area contributed by atoms with Gasteiger partial charge in [0.25, 0.3) is 0 Å². The average Bonchev–Trinajstić information content (AvgIpc) is 2.95. The first kappa shape index (κ1) is 16.3. The second-order valence-electron chi connectivity index (χ2n) is 5.72. The molecule has 0 bridgehead atoms. The van der Waals surface area contributed by atoms with Crippen LogP contribution in [0.1, 0.15) is 90.5 Å². The summed E-state index contributed by atoms with van der Waals surface area (Å²) in [6, 6.07) is 0.681. The van der Waals surface area contributed by atoms with Crippen molar-refractivity contribution in [2.24, 2.45) is 0 Å². The van der Waals surface area contributed by atoms with E-state index in [1.54, 1.807) is 0 Å². The fourth-order valence-electron chi connectivity index (χ4n) is 2.72. The van der Waals surface area contributed by atoms with Crippen LogP contribution >= 0.6 is 0 Å². The molecular weight excluding hydrogens is 232 g/mol. The molecule has 19 heavy (non-hydrogen) atoms. The van der Waals surface area contributed by atoms with Crippen molar-refractivity contribution in [2.45, 2.75) is 90.5 Å². The zero-order chi connectivity index (χ0) is 13.8. The molecular formula is C17H32N2. The monoisotopic (exact) mass is 264 g/mol. The summed E-state index contributed by atoms with van der Waals surface area (Å²) in [5.41, 5.74) is 0. The highest BCUT2D eigenvalue weighted by atomic mass is 15.0. The molecule has 0 spiro atoms. The molecule has 2 nitrogen and oxygen atoms in total. The van der Waals surface area contributed by atoms with Crippen LogP contribution in [0, 0.1) is 0 Å². The molecule has 0 aliphatic heterocycles. The highest BCUT2D eigenvalue weighted by molar-refractivity contribution is 4.80. The normalized spacial score (nSPS) is 12.7. The summed E-state index contributed by atoms with van der Waals surface area (Å²) < 4.78 is 2.33. The van der Waals surface area contributed by atoms with Gasteiger partial charge in [0, 0.05) is 18.4 Å². The third-order valence-corrected chi connectivity index (χ3v) is 3.98. The van der Waals surface area contributed by atoms with E-state index in [0.717, 1.165) is 0 Å². The van der Waals surface area contributed by atoms with Gasteiger partial charge in [-0.3, -0.25) is 0 Å². The largest absolute Gasteiger partial charge is 0.334 e. The van der Waals surface area contributed by atoms with Gasteiger partial charge in [0.05, 0.1) is 6.33 Å². The van der Waals surface area contributed by atoms with Gasteiger partial charge in [-0.25, -0.2) is 4.98 Å². The summed E-state index contributed by atoms with van der Waals surface area (Å²) >= 11 is 0. The molecule has 1 atom stereocenters. The van der Waals surface area contributed by atoms with Crippen molar-refractivity contribution in [1.82, 2.24) is 9.55 Å². The van der Waals surface area contributed by atoms with Crippen molar-refractivity contribution in [3.05, 3.63) is 18.7 Å². The van der Waals surface area contributed by atoms with Crippen molar-refractivity contribution in [1.29, 1.82) is 0 Å². The van der Waals surface area contributed by atoms with Gasteiger partial charge in [-0.15, -0.1) is 0 Å². The highest BCUT2D eigenvalue weighted by Crippen LogP contribution is 2.23. The fourth-order valence-corrected chi connectivity index (χ4v) is 2.72. The number of aromatic nitrogens is 2. The minimum absolute atomic E-state index is 0.681. The van der Waals surface area contributed by atoms with Crippen molar-refractivity contribution < 1.29 is 0 Å². The summed E-state index contributed by atoms with van der Waals surface area (Å²) in [5, 5.41) is 0. The lowest BCUT2D eigenvalue weighted by atomic mass is 10.0. The average molecular weight is 264 g/mol. The maximum absolute atomic E-state index is 4.21. The van der Waals surface area contributed by atoms with Crippen LogP contribution in [0.15, 0.2) is 18.7 Å². The highest BCUT2D eigenvalue weighted by Gasteiger charge is 2.09. The molecule has 0 fully saturated rings. The Morgan fingerprint density at radius 2 is 1.42 bits per heavy atom. The van der Waals surface area contributed by atoms with Gasteiger partial charge >= 0.3 is 0 Å². The summed E-state index contributed by atoms with van der Waals surface area (Å²) in [7, 11) is 0. The number of hydrogen-bond donors (Lipinski definition) is 0. The van der Waals surface area contributed by atoms with E-state index in [1.807, 2.05) is 12.5 Å². The molecule has 110 valence electrons. The van der Waals surface area contributed by atoms with Crippen molar-refractivity contribution in [3.8, 4) is 0 Å². The third-order valence-electron chi connectivity index (χ3n) is 3.98. The Balaban J connectivity index is 2.25. The minimum atomic E-state index is 0.681. The standard InChI is InChI=1S/C17H32N2/c1-3-5-7-9-11-13-17(12-10-8-6-4-2)19-15-14-18-16-19/h14-17H,3-13H2,1-2H3. The molecule has 1 heterocycles. The van der Waals surface area contributed by atoms with Gasteiger partial charge in [-0.05, 0) is 12.8 Å². The third kappa shape index (κ3) is 7.39. The van der Waals surface area contributed by atoms with E-state index in [4.69, 9.17) is 0 Å². The van der Waals surface area contributed by atoms with Gasteiger partial charge in [-0.2, -0.15) is 0 Å². The molecule has 1 rings (SSSR count). The van der Waals surface area contributed by atoms with Gasteiger partial charge in [0.2, 0.25) is 0 Å². The van der Waals surface area contributed by atoms with E-state index in [1.165, 1.54) is 70.6 Å². The molecule has 0 N–H and O–H groups in total. The van der Waals surface area contributed by atoms with Crippen molar-refractivity contribution >= 4 is 0 Å². The Kier molecular flexibility index (Phi) is 9.48. The maximum atomic E-state index is 4.21. The second-order valence-corrected chi connectivity index (χ2v) is 5.72. The Morgan fingerprint density at radius 3 is 1.95 bits per heavy atom. The molecule has 1 unspecified atom stereocenters. The predicted molar refractivity (Wildman–Crippen MR) is 83.4 cm³/mol. The summed E-state index contributed by atoms with van der Waals surface area (Å²) in [5.74, 6) is 0. The van der Waals surface area contributed by atoms with Crippen LogP contribution < -0.4 is 0 Å². The molecule has 0 aliphatic carbocycles. The number of nitrogens with zero attached hydrogens (tertiary/aromatic N) is 2. The molecule has 0 aromatic carbocycles. The Morgan fingerprint density at radius 1 is 0.842 bits per heavy atom. The molecule has 1 aromatic heterocycles. The second kappa shape index (κ2) is 11.1. The molecule has 0 saturated heterocycles. The van der Waals surface area contributed by atoms with Gasteiger partial charge < -0.3 is 4.57 Å². The number of hydrogen-bond acceptors (Lipinski definition) is 1. The molecule has 0 radical (unpaired) electrons. The SMILES string of the molecule is CCCCCCCC(CCCCCC)n1ccnc1. The van der Waals surface area contributed by atoms with E-state index in [2.05, 4.69) is 29.6 Å². The quantitative estimate of drug-likeness (QED) is 0.439. The Bertz CT molecular complexity index is 279. The smallest absolute Gasteiger partial charge is 0.0948 e. The first-order valence-electron chi connectivity index (χ1n) is 8.36. The van der Waals surface area contributed by atoms with E-state index >= 15 is 0 Å². The Hall–Kier alpha value is -0.790. The first-order chi connectivity index (χ1) is 9.38. The molecule has 0 amide bonds. The summed E-state index contributed by atoms with van der Waals surface area (Å²) in [6.07, 6.45) is 21.1. The van der Waals surface area contributed by atoms with E-state index in [9.17, 15) is 0 Å².